The van der Waals surface area contributed by atoms with Crippen molar-refractivity contribution in [3.63, 3.8) is 0 Å². The summed E-state index contributed by atoms with van der Waals surface area (Å²) in [6.07, 6.45) is 1.76. The van der Waals surface area contributed by atoms with Gasteiger partial charge in [-0.2, -0.15) is 5.10 Å². The van der Waals surface area contributed by atoms with Gasteiger partial charge in [0.2, 0.25) is 0 Å². The van der Waals surface area contributed by atoms with E-state index in [1.165, 1.54) is 0 Å². The third-order valence-electron chi connectivity index (χ3n) is 2.45. The van der Waals surface area contributed by atoms with Gasteiger partial charge >= 0.3 is 0 Å². The zero-order valence-electron chi connectivity index (χ0n) is 9.06. The number of nitrogens with two attached hydrogens (primary N) is 1. The van der Waals surface area contributed by atoms with E-state index in [-0.39, 0.29) is 0 Å². The van der Waals surface area contributed by atoms with Gasteiger partial charge < -0.3 is 10.3 Å². The molecule has 2 aromatic rings. The molecule has 0 bridgehead atoms. The van der Waals surface area contributed by atoms with Gasteiger partial charge in [0.1, 0.15) is 7.14 Å². The fourth-order valence-electron chi connectivity index (χ4n) is 1.83. The molecule has 0 fully saturated rings. The molecule has 0 saturated carbocycles. The first-order chi connectivity index (χ1) is 6.91. The van der Waals surface area contributed by atoms with E-state index in [9.17, 15) is 4.57 Å². The second kappa shape index (κ2) is 3.11. The van der Waals surface area contributed by atoms with Crippen molar-refractivity contribution >= 4 is 29.0 Å². The summed E-state index contributed by atoms with van der Waals surface area (Å²) in [5, 5.41) is 5.86. The zero-order valence-corrected chi connectivity index (χ0v) is 9.95. The van der Waals surface area contributed by atoms with E-state index in [1.807, 2.05) is 13.1 Å². The molecule has 4 nitrogen and oxygen atoms in total. The number of nitrogen functional groups attached to an aromatic ring is 1. The first-order valence-corrected chi connectivity index (χ1v) is 7.27. The smallest absolute Gasteiger partial charge is 0.113 e. The maximum atomic E-state index is 12.2. The molecule has 0 saturated heterocycles. The SMILES string of the molecule is Cn1ncc2ccc(N)c(P(C)(C)=O)c21. The molecule has 2 rings (SSSR count). The van der Waals surface area contributed by atoms with Gasteiger partial charge in [0, 0.05) is 18.1 Å². The molecule has 80 valence electrons. The Balaban J connectivity index is 2.97. The Hall–Kier alpha value is -1.28. The minimum Gasteiger partial charge on any atom is -0.398 e. The van der Waals surface area contributed by atoms with Gasteiger partial charge in [-0.15, -0.1) is 0 Å². The van der Waals surface area contributed by atoms with Gasteiger partial charge in [0.25, 0.3) is 0 Å². The van der Waals surface area contributed by atoms with Crippen LogP contribution in [-0.4, -0.2) is 23.1 Å². The number of aromatic nitrogens is 2. The predicted octanol–water partition coefficient (Wildman–Crippen LogP) is 1.40. The van der Waals surface area contributed by atoms with Crippen molar-refractivity contribution in [1.82, 2.24) is 9.78 Å². The van der Waals surface area contributed by atoms with Crippen molar-refractivity contribution in [2.45, 2.75) is 0 Å². The first kappa shape index (κ1) is 10.2. The van der Waals surface area contributed by atoms with Crippen LogP contribution < -0.4 is 11.0 Å². The third kappa shape index (κ3) is 1.55. The average Bonchev–Trinajstić information content (AvgIpc) is 2.46. The third-order valence-corrected chi connectivity index (χ3v) is 3.99. The molecule has 5 heteroatoms. The lowest BCUT2D eigenvalue weighted by molar-refractivity contribution is 0.588. The van der Waals surface area contributed by atoms with Gasteiger partial charge in [-0.1, -0.05) is 0 Å². The summed E-state index contributed by atoms with van der Waals surface area (Å²) in [6, 6.07) is 3.69. The van der Waals surface area contributed by atoms with Crippen molar-refractivity contribution < 1.29 is 4.57 Å². The van der Waals surface area contributed by atoms with Crippen LogP contribution in [0.3, 0.4) is 0 Å². The fourth-order valence-corrected chi connectivity index (χ4v) is 3.31. The molecule has 0 spiro atoms. The molecular weight excluding hydrogens is 209 g/mol. The quantitative estimate of drug-likeness (QED) is 0.587. The van der Waals surface area contributed by atoms with Crippen LogP contribution in [0, 0.1) is 0 Å². The Labute approximate surface area is 88.4 Å². The molecule has 0 radical (unpaired) electrons. The second-order valence-corrected chi connectivity index (χ2v) is 7.21. The highest BCUT2D eigenvalue weighted by Gasteiger charge is 2.20. The van der Waals surface area contributed by atoms with Crippen molar-refractivity contribution in [3.05, 3.63) is 18.3 Å². The van der Waals surface area contributed by atoms with Gasteiger partial charge in [-0.3, -0.25) is 4.68 Å². The van der Waals surface area contributed by atoms with Gasteiger partial charge in [0.15, 0.2) is 0 Å². The number of hydrogen-bond acceptors (Lipinski definition) is 3. The van der Waals surface area contributed by atoms with E-state index in [0.717, 1.165) is 16.2 Å². The Bertz CT molecular complexity index is 567. The van der Waals surface area contributed by atoms with E-state index < -0.39 is 7.14 Å². The van der Waals surface area contributed by atoms with E-state index in [0.29, 0.717) is 5.69 Å². The van der Waals surface area contributed by atoms with Crippen LogP contribution in [0.1, 0.15) is 0 Å². The van der Waals surface area contributed by atoms with Crippen molar-refractivity contribution in [1.29, 1.82) is 0 Å². The normalized spacial score (nSPS) is 12.2. The highest BCUT2D eigenvalue weighted by molar-refractivity contribution is 7.71. The summed E-state index contributed by atoms with van der Waals surface area (Å²) >= 11 is 0. The fraction of sp³-hybridized carbons (Fsp3) is 0.300. The number of anilines is 1. The highest BCUT2D eigenvalue weighted by Crippen LogP contribution is 2.39. The summed E-state index contributed by atoms with van der Waals surface area (Å²) < 4.78 is 13.9. The number of fused-ring (bicyclic) bond motifs is 1. The predicted molar refractivity (Wildman–Crippen MR) is 64.2 cm³/mol. The summed E-state index contributed by atoms with van der Waals surface area (Å²) in [6.45, 7) is 3.45. The van der Waals surface area contributed by atoms with Crippen LogP contribution in [0.15, 0.2) is 18.3 Å². The average molecular weight is 223 g/mol. The zero-order chi connectivity index (χ0) is 11.2. The number of hydrogen-bond donors (Lipinski definition) is 1. The summed E-state index contributed by atoms with van der Waals surface area (Å²) in [4.78, 5) is 0. The Morgan fingerprint density at radius 2 is 2.07 bits per heavy atom. The molecule has 0 atom stereocenters. The minimum absolute atomic E-state index is 0.583. The maximum Gasteiger partial charge on any atom is 0.113 e. The molecule has 0 aliphatic rings. The van der Waals surface area contributed by atoms with Gasteiger partial charge in [-0.05, 0) is 25.5 Å². The molecule has 0 aliphatic heterocycles. The molecule has 1 aromatic heterocycles. The number of nitrogens with zero attached hydrogens (tertiary/aromatic N) is 2. The van der Waals surface area contributed by atoms with Crippen LogP contribution in [0.4, 0.5) is 5.69 Å². The number of aryl methyl sites for hydroxylation is 1. The molecule has 1 aromatic carbocycles. The minimum atomic E-state index is -2.38. The lowest BCUT2D eigenvalue weighted by Gasteiger charge is -2.12. The van der Waals surface area contributed by atoms with Crippen molar-refractivity contribution in [3.8, 4) is 0 Å². The molecule has 0 aliphatic carbocycles. The van der Waals surface area contributed by atoms with Crippen LogP contribution in [0.5, 0.6) is 0 Å². The lowest BCUT2D eigenvalue weighted by atomic mass is 10.2. The van der Waals surface area contributed by atoms with Crippen molar-refractivity contribution in [2.75, 3.05) is 19.1 Å². The maximum absolute atomic E-state index is 12.2. The molecule has 15 heavy (non-hydrogen) atoms. The van der Waals surface area contributed by atoms with Crippen LogP contribution in [0.25, 0.3) is 10.9 Å². The standard InChI is InChI=1S/C10H14N3OP/c1-13-9-7(6-12-13)4-5-8(11)10(9)15(2,3)14/h4-6H,11H2,1-3H3. The number of benzene rings is 1. The van der Waals surface area contributed by atoms with Crippen LogP contribution >= 0.6 is 7.14 Å². The monoisotopic (exact) mass is 223 g/mol. The van der Waals surface area contributed by atoms with E-state index in [4.69, 9.17) is 5.73 Å². The first-order valence-electron chi connectivity index (χ1n) is 4.67. The largest absolute Gasteiger partial charge is 0.398 e. The van der Waals surface area contributed by atoms with Crippen LogP contribution in [0.2, 0.25) is 0 Å². The second-order valence-electron chi connectivity index (χ2n) is 4.06. The summed E-state index contributed by atoms with van der Waals surface area (Å²) in [5.41, 5.74) is 7.35. The Morgan fingerprint density at radius 1 is 1.40 bits per heavy atom. The molecule has 2 N–H and O–H groups in total. The highest BCUT2D eigenvalue weighted by atomic mass is 31.2. The Kier molecular flexibility index (Phi) is 2.12. The van der Waals surface area contributed by atoms with Gasteiger partial charge in [0.05, 0.1) is 17.0 Å². The van der Waals surface area contributed by atoms with Gasteiger partial charge in [-0.25, -0.2) is 0 Å². The van der Waals surface area contributed by atoms with E-state index >= 15 is 0 Å². The molecular formula is C10H14N3OP. The van der Waals surface area contributed by atoms with E-state index in [1.54, 1.807) is 30.3 Å². The Morgan fingerprint density at radius 3 is 2.67 bits per heavy atom. The summed E-state index contributed by atoms with van der Waals surface area (Å²) in [5.74, 6) is 0. The molecule has 1 heterocycles. The topological polar surface area (TPSA) is 60.9 Å². The lowest BCUT2D eigenvalue weighted by Crippen LogP contribution is -2.13. The van der Waals surface area contributed by atoms with Crippen molar-refractivity contribution in [2.24, 2.45) is 7.05 Å². The number of rotatable bonds is 1. The van der Waals surface area contributed by atoms with E-state index in [2.05, 4.69) is 5.10 Å². The summed E-state index contributed by atoms with van der Waals surface area (Å²) in [7, 11) is -0.547. The molecule has 0 unspecified atom stereocenters. The molecule has 0 amide bonds. The van der Waals surface area contributed by atoms with Crippen LogP contribution in [-0.2, 0) is 11.6 Å².